The largest absolute Gasteiger partial charge is 4.00 e. The zero-order valence-corrected chi connectivity index (χ0v) is 13.2. The van der Waals surface area contributed by atoms with Crippen molar-refractivity contribution in [2.75, 3.05) is 42.3 Å². The minimum atomic E-state index is 0. The summed E-state index contributed by atoms with van der Waals surface area (Å²) in [5.41, 5.74) is 1.13. The first-order valence-corrected chi connectivity index (χ1v) is 4.40. The van der Waals surface area contributed by atoms with Crippen LogP contribution >= 0.6 is 0 Å². The van der Waals surface area contributed by atoms with Crippen LogP contribution in [-0.2, 0) is 21.7 Å². The molecule has 0 N–H and O–H groups in total. The molecule has 0 bridgehead atoms. The van der Waals surface area contributed by atoms with Crippen LogP contribution in [0.4, 0.5) is 0 Å². The zero-order chi connectivity index (χ0) is 12.4. The van der Waals surface area contributed by atoms with E-state index in [9.17, 15) is 0 Å². The summed E-state index contributed by atoms with van der Waals surface area (Å²) in [5, 5.41) is 10.5. The van der Waals surface area contributed by atoms with Gasteiger partial charge in [-0.2, -0.15) is 42.3 Å². The van der Waals surface area contributed by atoms with Crippen LogP contribution in [0.1, 0.15) is 13.8 Å². The van der Waals surface area contributed by atoms with Gasteiger partial charge in [-0.05, 0) is 0 Å². The maximum atomic E-state index is 3.62. The van der Waals surface area contributed by atoms with Crippen molar-refractivity contribution in [1.82, 2.24) is 0 Å². The predicted octanol–water partition coefficient (Wildman–Crippen LogP) is 3.64. The maximum Gasteiger partial charge on any atom is 4.00 e. The minimum Gasteiger partial charge on any atom is -0.668 e. The van der Waals surface area contributed by atoms with E-state index >= 15 is 0 Å². The molecule has 4 heteroatoms. The third kappa shape index (κ3) is 435. The van der Waals surface area contributed by atoms with E-state index < -0.39 is 0 Å². The summed E-state index contributed by atoms with van der Waals surface area (Å²) in [4.78, 5) is 0. The number of allylic oxidation sites excluding steroid dienone is 2. The van der Waals surface area contributed by atoms with Gasteiger partial charge in [0.05, 0.1) is 0 Å². The summed E-state index contributed by atoms with van der Waals surface area (Å²) in [6, 6.07) is 0. The number of rotatable bonds is 0. The van der Waals surface area contributed by atoms with Gasteiger partial charge in [-0.3, -0.25) is 0 Å². The average Bonchev–Trinajstić information content (AvgIpc) is 2.08. The molecular formula is C11H27N3Ti. The number of nitrogens with zero attached hydrogens (tertiary/aromatic N) is 3. The summed E-state index contributed by atoms with van der Waals surface area (Å²) in [5.74, 6) is 0. The third-order valence-electron chi connectivity index (χ3n) is 0.493. The molecule has 0 aliphatic heterocycles. The Morgan fingerprint density at radius 1 is 0.867 bits per heavy atom. The van der Waals surface area contributed by atoms with Crippen molar-refractivity contribution in [2.45, 2.75) is 13.8 Å². The standard InChI is InChI=1S/C5H9.3C2H6N.Ti/c1-4-5(2)3;3*1-3-2;/h4H,2H2,1,3H3;3*1-2H3;/q4*-1;+4/b5-4-;;;;. The topological polar surface area (TPSA) is 42.3 Å². The molecule has 0 aliphatic carbocycles. The Morgan fingerprint density at radius 2 is 0.933 bits per heavy atom. The number of hydrogen-bond acceptors (Lipinski definition) is 0. The van der Waals surface area contributed by atoms with E-state index in [1.807, 2.05) is 19.9 Å². The summed E-state index contributed by atoms with van der Waals surface area (Å²) in [6.07, 6.45) is 1.97. The minimum absolute atomic E-state index is 0. The first kappa shape index (κ1) is 29.5. The Hall–Kier alpha value is 0.204. The van der Waals surface area contributed by atoms with Crippen molar-refractivity contribution < 1.29 is 21.7 Å². The molecule has 0 aromatic rings. The van der Waals surface area contributed by atoms with E-state index in [1.165, 1.54) is 0 Å². The second-order valence-electron chi connectivity index (χ2n) is 2.48. The predicted molar refractivity (Wildman–Crippen MR) is 70.4 cm³/mol. The van der Waals surface area contributed by atoms with Crippen LogP contribution in [0.5, 0.6) is 0 Å². The molecule has 0 spiro atoms. The van der Waals surface area contributed by atoms with Crippen LogP contribution in [0.2, 0.25) is 0 Å². The van der Waals surface area contributed by atoms with Gasteiger partial charge in [0.15, 0.2) is 0 Å². The second kappa shape index (κ2) is 47.7. The van der Waals surface area contributed by atoms with Gasteiger partial charge in [0.25, 0.3) is 0 Å². The molecule has 3 nitrogen and oxygen atoms in total. The Kier molecular flexibility index (Phi) is 93.7. The van der Waals surface area contributed by atoms with Crippen molar-refractivity contribution >= 4 is 0 Å². The van der Waals surface area contributed by atoms with Gasteiger partial charge in [-0.15, -0.1) is 6.92 Å². The molecule has 0 unspecified atom stereocenters. The first-order chi connectivity index (χ1) is 6.51. The Bertz CT molecular complexity index is 77.1. The normalized spacial score (nSPS) is 7.60. The molecule has 0 aromatic heterocycles. The third-order valence-corrected chi connectivity index (χ3v) is 0.493. The van der Waals surface area contributed by atoms with Gasteiger partial charge >= 0.3 is 21.7 Å². The van der Waals surface area contributed by atoms with Gasteiger partial charge in [-0.1, -0.05) is 6.92 Å². The van der Waals surface area contributed by atoms with Gasteiger partial charge < -0.3 is 16.0 Å². The molecule has 90 valence electrons. The molecule has 0 radical (unpaired) electrons. The summed E-state index contributed by atoms with van der Waals surface area (Å²) >= 11 is 0. The Labute approximate surface area is 112 Å². The molecule has 0 atom stereocenters. The van der Waals surface area contributed by atoms with Gasteiger partial charge in [0, 0.05) is 0 Å². The molecule has 0 rings (SSSR count). The van der Waals surface area contributed by atoms with E-state index in [0.717, 1.165) is 5.57 Å². The zero-order valence-electron chi connectivity index (χ0n) is 11.6. The molecule has 0 aliphatic rings. The van der Waals surface area contributed by atoms with Crippen molar-refractivity contribution in [3.8, 4) is 0 Å². The molecule has 0 amide bonds. The van der Waals surface area contributed by atoms with Crippen molar-refractivity contribution in [3.63, 3.8) is 0 Å². The maximum absolute atomic E-state index is 3.62. The monoisotopic (exact) mass is 249 g/mol. The van der Waals surface area contributed by atoms with Crippen molar-refractivity contribution in [1.29, 1.82) is 0 Å². The van der Waals surface area contributed by atoms with Gasteiger partial charge in [0.2, 0.25) is 0 Å². The second-order valence-corrected chi connectivity index (χ2v) is 2.48. The van der Waals surface area contributed by atoms with E-state index in [1.54, 1.807) is 42.3 Å². The van der Waals surface area contributed by atoms with E-state index in [-0.39, 0.29) is 21.7 Å². The van der Waals surface area contributed by atoms with Crippen LogP contribution in [0, 0.1) is 6.92 Å². The van der Waals surface area contributed by atoms with Crippen LogP contribution in [-0.4, -0.2) is 42.3 Å². The molecule has 0 fully saturated rings. The quantitative estimate of drug-likeness (QED) is 0.464. The number of hydrogen-bond donors (Lipinski definition) is 0. The van der Waals surface area contributed by atoms with Gasteiger partial charge in [-0.25, -0.2) is 18.6 Å². The van der Waals surface area contributed by atoms with Gasteiger partial charge in [0.1, 0.15) is 0 Å². The van der Waals surface area contributed by atoms with Crippen LogP contribution in [0.25, 0.3) is 16.0 Å². The summed E-state index contributed by atoms with van der Waals surface area (Å²) in [7, 11) is 10.5. The average molecular weight is 249 g/mol. The smallest absolute Gasteiger partial charge is 0.668 e. The van der Waals surface area contributed by atoms with E-state index in [0.29, 0.717) is 0 Å². The van der Waals surface area contributed by atoms with Crippen molar-refractivity contribution in [3.05, 3.63) is 34.5 Å². The van der Waals surface area contributed by atoms with Crippen LogP contribution in [0.15, 0.2) is 11.6 Å². The fraction of sp³-hybridized carbons (Fsp3) is 0.727. The Morgan fingerprint density at radius 3 is 0.933 bits per heavy atom. The molecule has 0 saturated carbocycles. The molecular weight excluding hydrogens is 222 g/mol. The Balaban J connectivity index is -0.0000000300. The molecule has 15 heavy (non-hydrogen) atoms. The van der Waals surface area contributed by atoms with E-state index in [4.69, 9.17) is 0 Å². The van der Waals surface area contributed by atoms with Crippen molar-refractivity contribution in [2.24, 2.45) is 0 Å². The molecule has 0 heterocycles. The van der Waals surface area contributed by atoms with Crippen LogP contribution in [0.3, 0.4) is 0 Å². The first-order valence-electron chi connectivity index (χ1n) is 4.40. The summed E-state index contributed by atoms with van der Waals surface area (Å²) < 4.78 is 0. The van der Waals surface area contributed by atoms with E-state index in [2.05, 4.69) is 22.9 Å². The SMILES string of the molecule is C[N-]C.C[N-]C.C[N-]C.[CH2-]/C(C)=C/C.[Ti+4]. The fourth-order valence-electron chi connectivity index (χ4n) is 0. The summed E-state index contributed by atoms with van der Waals surface area (Å²) in [6.45, 7) is 7.56. The fourth-order valence-corrected chi connectivity index (χ4v) is 0. The van der Waals surface area contributed by atoms with Crippen LogP contribution < -0.4 is 0 Å². The molecule has 0 saturated heterocycles. The molecule has 0 aromatic carbocycles.